The third kappa shape index (κ3) is 3.41. The molecule has 1 N–H and O–H groups in total. The van der Waals surface area contributed by atoms with Gasteiger partial charge in [0.15, 0.2) is 0 Å². The van der Waals surface area contributed by atoms with Crippen molar-refractivity contribution in [2.24, 2.45) is 5.92 Å². The molecule has 0 aliphatic carbocycles. The zero-order valence-electron chi connectivity index (χ0n) is 6.87. The fraction of sp³-hybridized carbons (Fsp3) is 0.714. The van der Waals surface area contributed by atoms with E-state index in [1.807, 2.05) is 0 Å². The first-order valence-electron chi connectivity index (χ1n) is 3.77. The van der Waals surface area contributed by atoms with Gasteiger partial charge in [-0.2, -0.15) is 10.3 Å². The predicted molar refractivity (Wildman–Crippen MR) is 46.6 cm³/mol. The Labute approximate surface area is 71.0 Å². The van der Waals surface area contributed by atoms with Crippen LogP contribution >= 0.6 is 11.8 Å². The van der Waals surface area contributed by atoms with Crippen LogP contribution in [0.2, 0.25) is 0 Å². The molecule has 0 bridgehead atoms. The highest BCUT2D eigenvalue weighted by atomic mass is 32.2. The lowest BCUT2D eigenvalue weighted by Crippen LogP contribution is -1.89. The number of aromatic nitrogens is 3. The van der Waals surface area contributed by atoms with E-state index in [-0.39, 0.29) is 0 Å². The van der Waals surface area contributed by atoms with Crippen LogP contribution in [-0.4, -0.2) is 21.2 Å². The topological polar surface area (TPSA) is 41.6 Å². The molecule has 0 spiro atoms. The summed E-state index contributed by atoms with van der Waals surface area (Å²) in [5.41, 5.74) is 0. The Hall–Kier alpha value is -0.510. The van der Waals surface area contributed by atoms with Gasteiger partial charge in [0.05, 0.1) is 6.20 Å². The van der Waals surface area contributed by atoms with Gasteiger partial charge in [0.2, 0.25) is 0 Å². The summed E-state index contributed by atoms with van der Waals surface area (Å²) in [6.07, 6.45) is 2.99. The molecule has 11 heavy (non-hydrogen) atoms. The third-order valence-electron chi connectivity index (χ3n) is 1.34. The molecule has 0 radical (unpaired) electrons. The van der Waals surface area contributed by atoms with Gasteiger partial charge in [0.25, 0.3) is 0 Å². The van der Waals surface area contributed by atoms with Crippen LogP contribution in [0, 0.1) is 5.92 Å². The van der Waals surface area contributed by atoms with Crippen LogP contribution in [0.25, 0.3) is 0 Å². The van der Waals surface area contributed by atoms with E-state index in [1.54, 1.807) is 18.0 Å². The van der Waals surface area contributed by atoms with Gasteiger partial charge < -0.3 is 0 Å². The summed E-state index contributed by atoms with van der Waals surface area (Å²) in [7, 11) is 0. The van der Waals surface area contributed by atoms with E-state index in [4.69, 9.17) is 0 Å². The second kappa shape index (κ2) is 4.38. The molecule has 0 aliphatic heterocycles. The number of rotatable bonds is 4. The highest BCUT2D eigenvalue weighted by Crippen LogP contribution is 2.15. The number of H-pyrrole nitrogens is 1. The minimum absolute atomic E-state index is 0.773. The normalized spacial score (nSPS) is 10.8. The second-order valence-electron chi connectivity index (χ2n) is 2.84. The Kier molecular flexibility index (Phi) is 3.42. The number of hydrogen-bond acceptors (Lipinski definition) is 3. The van der Waals surface area contributed by atoms with Gasteiger partial charge in [-0.3, -0.25) is 0 Å². The van der Waals surface area contributed by atoms with Gasteiger partial charge in [-0.1, -0.05) is 13.8 Å². The molecule has 0 atom stereocenters. The first-order valence-corrected chi connectivity index (χ1v) is 4.76. The number of thioether (sulfide) groups is 1. The van der Waals surface area contributed by atoms with Crippen LogP contribution in [0.1, 0.15) is 20.3 Å². The Morgan fingerprint density at radius 1 is 1.64 bits per heavy atom. The Balaban J connectivity index is 2.14. The molecule has 4 heteroatoms. The summed E-state index contributed by atoms with van der Waals surface area (Å²) < 4.78 is 0. The molecule has 0 amide bonds. The molecule has 0 saturated carbocycles. The molecule has 0 saturated heterocycles. The SMILES string of the molecule is CC(C)CCSc1cn[nH]n1. The number of hydrogen-bond donors (Lipinski definition) is 1. The first kappa shape index (κ1) is 8.59. The maximum absolute atomic E-state index is 3.94. The zero-order valence-corrected chi connectivity index (χ0v) is 7.69. The number of nitrogens with one attached hydrogen (secondary N) is 1. The summed E-state index contributed by atoms with van der Waals surface area (Å²) in [4.78, 5) is 0. The molecular weight excluding hydrogens is 158 g/mol. The number of nitrogens with zero attached hydrogens (tertiary/aromatic N) is 2. The van der Waals surface area contributed by atoms with Crippen molar-refractivity contribution in [3.8, 4) is 0 Å². The van der Waals surface area contributed by atoms with E-state index in [1.165, 1.54) is 6.42 Å². The predicted octanol–water partition coefficient (Wildman–Crippen LogP) is 1.94. The molecule has 1 aromatic heterocycles. The summed E-state index contributed by atoms with van der Waals surface area (Å²) in [6.45, 7) is 4.45. The lowest BCUT2D eigenvalue weighted by Gasteiger charge is -2.00. The molecule has 3 nitrogen and oxygen atoms in total. The Morgan fingerprint density at radius 3 is 3.00 bits per heavy atom. The number of aromatic amines is 1. The van der Waals surface area contributed by atoms with Crippen LogP contribution in [0.3, 0.4) is 0 Å². The smallest absolute Gasteiger partial charge is 0.138 e. The molecule has 0 unspecified atom stereocenters. The molecule has 0 aromatic carbocycles. The van der Waals surface area contributed by atoms with E-state index in [0.717, 1.165) is 16.7 Å². The zero-order chi connectivity index (χ0) is 8.10. The van der Waals surface area contributed by atoms with Crippen LogP contribution < -0.4 is 0 Å². The molecular formula is C7H13N3S. The van der Waals surface area contributed by atoms with E-state index in [0.29, 0.717) is 0 Å². The fourth-order valence-electron chi connectivity index (χ4n) is 0.660. The molecule has 0 fully saturated rings. The van der Waals surface area contributed by atoms with Crippen LogP contribution in [0.5, 0.6) is 0 Å². The van der Waals surface area contributed by atoms with Crippen molar-refractivity contribution in [3.05, 3.63) is 6.20 Å². The Bertz CT molecular complexity index is 184. The van der Waals surface area contributed by atoms with Gasteiger partial charge in [-0.15, -0.1) is 16.9 Å². The third-order valence-corrected chi connectivity index (χ3v) is 2.27. The maximum atomic E-state index is 3.94. The van der Waals surface area contributed by atoms with Gasteiger partial charge in [-0.25, -0.2) is 0 Å². The summed E-state index contributed by atoms with van der Waals surface area (Å²) >= 11 is 1.75. The largest absolute Gasteiger partial charge is 0.197 e. The average molecular weight is 171 g/mol. The lowest BCUT2D eigenvalue weighted by atomic mass is 10.2. The van der Waals surface area contributed by atoms with E-state index in [9.17, 15) is 0 Å². The Morgan fingerprint density at radius 2 is 2.45 bits per heavy atom. The van der Waals surface area contributed by atoms with Crippen LogP contribution in [0.15, 0.2) is 11.2 Å². The maximum Gasteiger partial charge on any atom is 0.138 e. The van der Waals surface area contributed by atoms with Gasteiger partial charge in [-0.05, 0) is 18.1 Å². The first-order chi connectivity index (χ1) is 5.29. The molecule has 1 heterocycles. The van der Waals surface area contributed by atoms with Crippen molar-refractivity contribution in [2.45, 2.75) is 25.3 Å². The van der Waals surface area contributed by atoms with E-state index in [2.05, 4.69) is 29.3 Å². The van der Waals surface area contributed by atoms with Crippen molar-refractivity contribution in [1.82, 2.24) is 15.4 Å². The average Bonchev–Trinajstić information content (AvgIpc) is 2.39. The van der Waals surface area contributed by atoms with Crippen molar-refractivity contribution in [1.29, 1.82) is 0 Å². The standard InChI is InChI=1S/C7H13N3S/c1-6(2)3-4-11-7-5-8-10-9-7/h5-6H,3-4H2,1-2H3,(H,8,9,10). The minimum atomic E-state index is 0.773. The minimum Gasteiger partial charge on any atom is -0.197 e. The highest BCUT2D eigenvalue weighted by Gasteiger charge is 1.97. The van der Waals surface area contributed by atoms with Crippen molar-refractivity contribution in [2.75, 3.05) is 5.75 Å². The van der Waals surface area contributed by atoms with Gasteiger partial charge in [0, 0.05) is 0 Å². The van der Waals surface area contributed by atoms with E-state index < -0.39 is 0 Å². The van der Waals surface area contributed by atoms with Crippen molar-refractivity contribution >= 4 is 11.8 Å². The molecule has 0 aliphatic rings. The van der Waals surface area contributed by atoms with Gasteiger partial charge in [0.1, 0.15) is 5.03 Å². The summed E-state index contributed by atoms with van der Waals surface area (Å²) in [5.74, 6) is 1.90. The highest BCUT2D eigenvalue weighted by molar-refractivity contribution is 7.99. The van der Waals surface area contributed by atoms with Crippen LogP contribution in [-0.2, 0) is 0 Å². The quantitative estimate of drug-likeness (QED) is 0.704. The van der Waals surface area contributed by atoms with Crippen molar-refractivity contribution < 1.29 is 0 Å². The van der Waals surface area contributed by atoms with Crippen LogP contribution in [0.4, 0.5) is 0 Å². The van der Waals surface area contributed by atoms with E-state index >= 15 is 0 Å². The van der Waals surface area contributed by atoms with Gasteiger partial charge >= 0.3 is 0 Å². The monoisotopic (exact) mass is 171 g/mol. The molecule has 1 rings (SSSR count). The summed E-state index contributed by atoms with van der Waals surface area (Å²) in [5, 5.41) is 11.2. The molecule has 1 aromatic rings. The lowest BCUT2D eigenvalue weighted by molar-refractivity contribution is 0.632. The summed E-state index contributed by atoms with van der Waals surface area (Å²) in [6, 6.07) is 0. The van der Waals surface area contributed by atoms with Crippen molar-refractivity contribution in [3.63, 3.8) is 0 Å². The second-order valence-corrected chi connectivity index (χ2v) is 3.95. The fourth-order valence-corrected chi connectivity index (χ4v) is 1.69. The molecule has 62 valence electrons.